The van der Waals surface area contributed by atoms with Gasteiger partial charge in [0.2, 0.25) is 10.0 Å². The van der Waals surface area contributed by atoms with Crippen LogP contribution in [0.15, 0.2) is 77.7 Å². The number of hydrogen-bond donors (Lipinski definition) is 0. The van der Waals surface area contributed by atoms with Gasteiger partial charge in [0, 0.05) is 6.54 Å². The first-order valence-electron chi connectivity index (χ1n) is 11.9. The molecule has 10 heteroatoms. The summed E-state index contributed by atoms with van der Waals surface area (Å²) < 4.78 is 51.3. The highest BCUT2D eigenvalue weighted by Crippen LogP contribution is 2.35. The topological polar surface area (TPSA) is 93.2 Å². The van der Waals surface area contributed by atoms with Crippen molar-refractivity contribution in [2.45, 2.75) is 23.9 Å². The van der Waals surface area contributed by atoms with Gasteiger partial charge in [-0.1, -0.05) is 30.3 Å². The Balaban J connectivity index is 1.31. The highest BCUT2D eigenvalue weighted by atomic mass is 32.2. The van der Waals surface area contributed by atoms with Crippen molar-refractivity contribution in [3.8, 4) is 11.5 Å². The molecule has 3 aromatic carbocycles. The number of anilines is 1. The highest BCUT2D eigenvalue weighted by Gasteiger charge is 2.41. The molecule has 192 valence electrons. The van der Waals surface area contributed by atoms with Crippen LogP contribution in [0.3, 0.4) is 0 Å². The Kier molecular flexibility index (Phi) is 6.94. The van der Waals surface area contributed by atoms with Gasteiger partial charge < -0.3 is 14.4 Å². The van der Waals surface area contributed by atoms with Gasteiger partial charge in [-0.15, -0.1) is 0 Å². The SMILES string of the molecule is O=C1C(=O)N(Cc2ccc(OCCF)cc2)c2ccc(S(=O)(=O)N3CC[C@H]3COc3ccccc3)cc21. The molecule has 8 nitrogen and oxygen atoms in total. The van der Waals surface area contributed by atoms with E-state index in [1.54, 1.807) is 36.4 Å². The molecule has 3 aromatic rings. The molecule has 0 aromatic heterocycles. The summed E-state index contributed by atoms with van der Waals surface area (Å²) in [5.41, 5.74) is 1.16. The number of carbonyl (C=O) groups excluding carboxylic acids is 2. The number of nitrogens with zero attached hydrogens (tertiary/aromatic N) is 2. The lowest BCUT2D eigenvalue weighted by Gasteiger charge is -2.39. The van der Waals surface area contributed by atoms with E-state index in [9.17, 15) is 22.4 Å². The minimum Gasteiger partial charge on any atom is -0.492 e. The number of halogens is 1. The molecule has 1 saturated heterocycles. The molecule has 1 amide bonds. The van der Waals surface area contributed by atoms with Crippen molar-refractivity contribution < 1.29 is 31.9 Å². The number of benzene rings is 3. The van der Waals surface area contributed by atoms with Gasteiger partial charge in [-0.25, -0.2) is 12.8 Å². The number of para-hydroxylation sites is 1. The van der Waals surface area contributed by atoms with E-state index in [-0.39, 0.29) is 36.3 Å². The molecule has 2 aliphatic rings. The van der Waals surface area contributed by atoms with Gasteiger partial charge >= 0.3 is 0 Å². The Morgan fingerprint density at radius 2 is 1.65 bits per heavy atom. The molecule has 2 aliphatic heterocycles. The molecular weight excluding hydrogens is 499 g/mol. The first-order valence-corrected chi connectivity index (χ1v) is 13.3. The molecule has 0 spiro atoms. The standard InChI is InChI=1S/C27H25FN2O6S/c28-13-15-35-22-8-6-19(7-9-22)17-29-25-11-10-23(16-24(25)26(31)27(29)32)37(33,34)30-14-12-20(30)18-36-21-4-2-1-3-5-21/h1-11,16,20H,12-15,17-18H2/t20-/m0/s1. The summed E-state index contributed by atoms with van der Waals surface area (Å²) in [5.74, 6) is -0.308. The zero-order chi connectivity index (χ0) is 26.0. The summed E-state index contributed by atoms with van der Waals surface area (Å²) in [4.78, 5) is 26.8. The van der Waals surface area contributed by atoms with E-state index in [2.05, 4.69) is 0 Å². The van der Waals surface area contributed by atoms with E-state index in [0.29, 0.717) is 30.2 Å². The van der Waals surface area contributed by atoms with Crippen molar-refractivity contribution in [2.75, 3.05) is 31.3 Å². The lowest BCUT2D eigenvalue weighted by molar-refractivity contribution is -0.114. The normalized spacial score (nSPS) is 17.4. The fourth-order valence-electron chi connectivity index (χ4n) is 4.37. The molecule has 2 heterocycles. The van der Waals surface area contributed by atoms with Gasteiger partial charge in [0.25, 0.3) is 11.7 Å². The largest absolute Gasteiger partial charge is 0.492 e. The zero-order valence-corrected chi connectivity index (χ0v) is 20.7. The molecule has 0 radical (unpaired) electrons. The van der Waals surface area contributed by atoms with Crippen LogP contribution in [0.5, 0.6) is 11.5 Å². The molecule has 37 heavy (non-hydrogen) atoms. The number of ketones is 1. The zero-order valence-electron chi connectivity index (χ0n) is 19.9. The predicted molar refractivity (Wildman–Crippen MR) is 134 cm³/mol. The van der Waals surface area contributed by atoms with Crippen molar-refractivity contribution in [3.63, 3.8) is 0 Å². The van der Waals surface area contributed by atoms with E-state index in [0.717, 1.165) is 5.56 Å². The molecule has 0 saturated carbocycles. The van der Waals surface area contributed by atoms with Crippen LogP contribution in [-0.4, -0.2) is 56.9 Å². The first kappa shape index (κ1) is 24.9. The van der Waals surface area contributed by atoms with Crippen LogP contribution >= 0.6 is 0 Å². The van der Waals surface area contributed by atoms with Gasteiger partial charge in [0.05, 0.1) is 28.7 Å². The highest BCUT2D eigenvalue weighted by molar-refractivity contribution is 7.89. The number of carbonyl (C=O) groups is 2. The summed E-state index contributed by atoms with van der Waals surface area (Å²) in [7, 11) is -3.88. The van der Waals surface area contributed by atoms with Crippen LogP contribution in [0, 0.1) is 0 Å². The maximum atomic E-state index is 13.3. The second-order valence-electron chi connectivity index (χ2n) is 8.76. The fourth-order valence-corrected chi connectivity index (χ4v) is 6.05. The van der Waals surface area contributed by atoms with Crippen LogP contribution in [-0.2, 0) is 21.4 Å². The second-order valence-corrected chi connectivity index (χ2v) is 10.7. The lowest BCUT2D eigenvalue weighted by atomic mass is 10.1. The number of hydrogen-bond acceptors (Lipinski definition) is 6. The molecular formula is C27H25FN2O6S. The number of fused-ring (bicyclic) bond motifs is 1. The Hall–Kier alpha value is -3.76. The minimum absolute atomic E-state index is 0.0342. The van der Waals surface area contributed by atoms with Gasteiger partial charge in [-0.05, 0) is 54.4 Å². The van der Waals surface area contributed by atoms with Gasteiger partial charge in [0.15, 0.2) is 0 Å². The first-order chi connectivity index (χ1) is 17.9. The average molecular weight is 525 g/mol. The molecule has 0 N–H and O–H groups in total. The van der Waals surface area contributed by atoms with Crippen molar-refractivity contribution in [3.05, 3.63) is 83.9 Å². The number of sulfonamides is 1. The van der Waals surface area contributed by atoms with Crippen LogP contribution in [0.1, 0.15) is 22.3 Å². The number of alkyl halides is 1. The molecule has 0 unspecified atom stereocenters. The number of ether oxygens (including phenoxy) is 2. The third-order valence-electron chi connectivity index (χ3n) is 6.43. The van der Waals surface area contributed by atoms with Gasteiger partial charge in [-0.2, -0.15) is 4.31 Å². The summed E-state index contributed by atoms with van der Waals surface area (Å²) >= 11 is 0. The maximum absolute atomic E-state index is 13.3. The van der Waals surface area contributed by atoms with Crippen LogP contribution in [0.4, 0.5) is 10.1 Å². The predicted octanol–water partition coefficient (Wildman–Crippen LogP) is 3.61. The average Bonchev–Trinajstić information content (AvgIpc) is 3.12. The molecule has 0 bridgehead atoms. The van der Waals surface area contributed by atoms with Crippen molar-refractivity contribution in [1.82, 2.24) is 4.31 Å². The van der Waals surface area contributed by atoms with Gasteiger partial charge in [0.1, 0.15) is 31.4 Å². The monoisotopic (exact) mass is 524 g/mol. The Labute approximate surface area is 214 Å². The minimum atomic E-state index is -3.88. The molecule has 1 fully saturated rings. The maximum Gasteiger partial charge on any atom is 0.299 e. The summed E-state index contributed by atoms with van der Waals surface area (Å²) in [6, 6.07) is 19.8. The lowest BCUT2D eigenvalue weighted by Crippen LogP contribution is -2.53. The van der Waals surface area contributed by atoms with Crippen molar-refractivity contribution in [1.29, 1.82) is 0 Å². The quantitative estimate of drug-likeness (QED) is 0.376. The smallest absolute Gasteiger partial charge is 0.299 e. The van der Waals surface area contributed by atoms with Crippen LogP contribution in [0.25, 0.3) is 0 Å². The second kappa shape index (κ2) is 10.3. The van der Waals surface area contributed by atoms with E-state index < -0.39 is 28.4 Å². The Morgan fingerprint density at radius 3 is 2.32 bits per heavy atom. The van der Waals surface area contributed by atoms with E-state index in [1.165, 1.54) is 27.4 Å². The number of Topliss-reactive ketones (excluding diaryl/α,β-unsaturated/α-hetero) is 1. The molecule has 5 rings (SSSR count). The van der Waals surface area contributed by atoms with Crippen LogP contribution in [0.2, 0.25) is 0 Å². The third-order valence-corrected chi connectivity index (χ3v) is 8.38. The number of amides is 1. The fraction of sp³-hybridized carbons (Fsp3) is 0.259. The van der Waals surface area contributed by atoms with Crippen LogP contribution < -0.4 is 14.4 Å². The van der Waals surface area contributed by atoms with Crippen molar-refractivity contribution >= 4 is 27.4 Å². The molecule has 1 atom stereocenters. The summed E-state index contributed by atoms with van der Waals surface area (Å²) in [5, 5.41) is 0. The Morgan fingerprint density at radius 1 is 0.919 bits per heavy atom. The van der Waals surface area contributed by atoms with E-state index in [4.69, 9.17) is 9.47 Å². The van der Waals surface area contributed by atoms with E-state index >= 15 is 0 Å². The summed E-state index contributed by atoms with van der Waals surface area (Å²) in [6.07, 6.45) is 0.666. The molecule has 0 aliphatic carbocycles. The summed E-state index contributed by atoms with van der Waals surface area (Å²) in [6.45, 7) is 0.0527. The third kappa shape index (κ3) is 4.94. The van der Waals surface area contributed by atoms with Gasteiger partial charge in [-0.3, -0.25) is 9.59 Å². The number of rotatable bonds is 10. The van der Waals surface area contributed by atoms with Crippen molar-refractivity contribution in [2.24, 2.45) is 0 Å². The Bertz CT molecular complexity index is 1410. The van der Waals surface area contributed by atoms with E-state index in [1.807, 2.05) is 18.2 Å².